The summed E-state index contributed by atoms with van der Waals surface area (Å²) in [6, 6.07) is 3.48. The molecule has 2 aromatic rings. The van der Waals surface area contributed by atoms with Crippen molar-refractivity contribution in [2.45, 2.75) is 50.2 Å². The van der Waals surface area contributed by atoms with Gasteiger partial charge in [0, 0.05) is 29.9 Å². The number of sulfonamides is 1. The van der Waals surface area contributed by atoms with E-state index < -0.39 is 26.8 Å². The van der Waals surface area contributed by atoms with Crippen molar-refractivity contribution in [1.29, 1.82) is 0 Å². The van der Waals surface area contributed by atoms with E-state index in [1.54, 1.807) is 0 Å². The molecule has 0 bridgehead atoms. The highest BCUT2D eigenvalue weighted by Gasteiger charge is 2.39. The zero-order valence-electron chi connectivity index (χ0n) is 15.5. The van der Waals surface area contributed by atoms with Gasteiger partial charge in [-0.3, -0.25) is 14.8 Å². The average Bonchev–Trinajstić information content (AvgIpc) is 3.01. The van der Waals surface area contributed by atoms with Crippen LogP contribution in [0.3, 0.4) is 0 Å². The van der Waals surface area contributed by atoms with Crippen LogP contribution in [0.25, 0.3) is 0 Å². The Morgan fingerprint density at radius 2 is 1.97 bits per heavy atom. The number of hydrogen-bond donors (Lipinski definition) is 1. The second-order valence-corrected chi connectivity index (χ2v) is 8.54. The zero-order valence-corrected chi connectivity index (χ0v) is 16.3. The van der Waals surface area contributed by atoms with Crippen molar-refractivity contribution in [2.24, 2.45) is 0 Å². The molecule has 1 heterocycles. The first-order chi connectivity index (χ1) is 13.5. The second kappa shape index (κ2) is 7.75. The molecule has 0 unspecified atom stereocenters. The highest BCUT2D eigenvalue weighted by molar-refractivity contribution is 7.89. The number of alkyl halides is 3. The Balaban J connectivity index is 1.79. The number of nitro groups is 1. The summed E-state index contributed by atoms with van der Waals surface area (Å²) in [6.07, 6.45) is -2.42. The summed E-state index contributed by atoms with van der Waals surface area (Å²) in [7, 11) is -4.08. The minimum absolute atomic E-state index is 0.0778. The SMILES string of the molecule is Cc1ccc([N+](=O)[O-])cc1S(=O)(=O)NCCn1nc(C(F)(F)F)c2c1CCCC2. The second-order valence-electron chi connectivity index (χ2n) is 6.81. The van der Waals surface area contributed by atoms with Gasteiger partial charge in [-0.2, -0.15) is 18.3 Å². The van der Waals surface area contributed by atoms with Gasteiger partial charge < -0.3 is 0 Å². The summed E-state index contributed by atoms with van der Waals surface area (Å²) < 4.78 is 68.2. The van der Waals surface area contributed by atoms with Crippen molar-refractivity contribution in [3.8, 4) is 0 Å². The van der Waals surface area contributed by atoms with E-state index in [1.165, 1.54) is 23.7 Å². The quantitative estimate of drug-likeness (QED) is 0.558. The molecular weight excluding hydrogens is 413 g/mol. The summed E-state index contributed by atoms with van der Waals surface area (Å²) in [4.78, 5) is 9.95. The van der Waals surface area contributed by atoms with Crippen molar-refractivity contribution in [1.82, 2.24) is 14.5 Å². The average molecular weight is 432 g/mol. The summed E-state index contributed by atoms with van der Waals surface area (Å²) in [5, 5.41) is 14.6. The lowest BCUT2D eigenvalue weighted by atomic mass is 9.95. The molecule has 1 aliphatic rings. The van der Waals surface area contributed by atoms with Gasteiger partial charge in [-0.15, -0.1) is 0 Å². The maximum Gasteiger partial charge on any atom is 0.435 e. The largest absolute Gasteiger partial charge is 0.435 e. The lowest BCUT2D eigenvalue weighted by molar-refractivity contribution is -0.385. The van der Waals surface area contributed by atoms with Crippen LogP contribution in [0.4, 0.5) is 18.9 Å². The third kappa shape index (κ3) is 4.42. The number of aromatic nitrogens is 2. The van der Waals surface area contributed by atoms with Crippen LogP contribution in [0, 0.1) is 17.0 Å². The van der Waals surface area contributed by atoms with Crippen LogP contribution in [0.15, 0.2) is 23.1 Å². The van der Waals surface area contributed by atoms with Gasteiger partial charge in [0.25, 0.3) is 5.69 Å². The summed E-state index contributed by atoms with van der Waals surface area (Å²) in [5.41, 5.74) is -0.300. The monoisotopic (exact) mass is 432 g/mol. The molecule has 0 spiro atoms. The first kappa shape index (κ1) is 21.2. The number of rotatable bonds is 6. The van der Waals surface area contributed by atoms with Gasteiger partial charge in [0.2, 0.25) is 10.0 Å². The van der Waals surface area contributed by atoms with Gasteiger partial charge in [0.05, 0.1) is 16.4 Å². The third-order valence-electron chi connectivity index (χ3n) is 4.81. The molecule has 0 fully saturated rings. The number of benzene rings is 1. The predicted molar refractivity (Wildman–Crippen MR) is 96.9 cm³/mol. The molecule has 12 heteroatoms. The van der Waals surface area contributed by atoms with Gasteiger partial charge in [-0.25, -0.2) is 13.1 Å². The van der Waals surface area contributed by atoms with Gasteiger partial charge in [-0.05, 0) is 38.2 Å². The number of aryl methyl sites for hydroxylation is 1. The molecular formula is C17H19F3N4O4S. The molecule has 1 aromatic heterocycles. The molecule has 0 radical (unpaired) electrons. The molecule has 3 rings (SSSR count). The van der Waals surface area contributed by atoms with E-state index >= 15 is 0 Å². The normalized spacial score (nSPS) is 14.6. The minimum atomic E-state index is -4.56. The third-order valence-corrected chi connectivity index (χ3v) is 6.42. The Morgan fingerprint density at radius 3 is 2.62 bits per heavy atom. The van der Waals surface area contributed by atoms with Gasteiger partial charge in [-0.1, -0.05) is 6.07 Å². The van der Waals surface area contributed by atoms with E-state index in [2.05, 4.69) is 9.82 Å². The highest BCUT2D eigenvalue weighted by Crippen LogP contribution is 2.35. The van der Waals surface area contributed by atoms with Gasteiger partial charge in [0.15, 0.2) is 5.69 Å². The first-order valence-electron chi connectivity index (χ1n) is 8.91. The molecule has 1 N–H and O–H groups in total. The Hall–Kier alpha value is -2.47. The molecule has 1 aliphatic carbocycles. The summed E-state index contributed by atoms with van der Waals surface area (Å²) in [6.45, 7) is 1.22. The molecule has 1 aromatic carbocycles. The van der Waals surface area contributed by atoms with E-state index in [-0.39, 0.29) is 29.2 Å². The van der Waals surface area contributed by atoms with E-state index in [9.17, 15) is 31.7 Å². The molecule has 8 nitrogen and oxygen atoms in total. The first-order valence-corrected chi connectivity index (χ1v) is 10.4. The Labute approximate surface area is 164 Å². The maximum atomic E-state index is 13.2. The lowest BCUT2D eigenvalue weighted by Crippen LogP contribution is -2.29. The molecule has 158 valence electrons. The van der Waals surface area contributed by atoms with Crippen LogP contribution < -0.4 is 4.72 Å². The number of non-ortho nitro benzene ring substituents is 1. The van der Waals surface area contributed by atoms with Gasteiger partial charge in [0.1, 0.15) is 0 Å². The molecule has 0 aliphatic heterocycles. The Kier molecular flexibility index (Phi) is 5.68. The lowest BCUT2D eigenvalue weighted by Gasteiger charge is -2.15. The number of halogens is 3. The molecule has 0 saturated heterocycles. The fourth-order valence-electron chi connectivity index (χ4n) is 3.44. The van der Waals surface area contributed by atoms with Crippen LogP contribution in [-0.4, -0.2) is 29.7 Å². The topological polar surface area (TPSA) is 107 Å². The molecule has 0 atom stereocenters. The molecule has 0 amide bonds. The van der Waals surface area contributed by atoms with E-state index in [0.717, 1.165) is 12.5 Å². The number of hydrogen-bond acceptors (Lipinski definition) is 5. The van der Waals surface area contributed by atoms with Crippen molar-refractivity contribution in [3.05, 3.63) is 50.8 Å². The summed E-state index contributed by atoms with van der Waals surface area (Å²) in [5.74, 6) is 0. The fourth-order valence-corrected chi connectivity index (χ4v) is 4.72. The fraction of sp³-hybridized carbons (Fsp3) is 0.471. The Bertz CT molecular complexity index is 1050. The van der Waals surface area contributed by atoms with Gasteiger partial charge >= 0.3 is 6.18 Å². The van der Waals surface area contributed by atoms with Crippen LogP contribution in [0.1, 0.15) is 35.4 Å². The zero-order chi connectivity index (χ0) is 21.4. The molecule has 0 saturated carbocycles. The van der Waals surface area contributed by atoms with E-state index in [1.807, 2.05) is 0 Å². The van der Waals surface area contributed by atoms with E-state index in [0.29, 0.717) is 30.5 Å². The van der Waals surface area contributed by atoms with Crippen molar-refractivity contribution in [3.63, 3.8) is 0 Å². The van der Waals surface area contributed by atoms with Crippen LogP contribution in [0.2, 0.25) is 0 Å². The predicted octanol–water partition coefficient (Wildman–Crippen LogP) is 2.98. The molecule has 29 heavy (non-hydrogen) atoms. The maximum absolute atomic E-state index is 13.2. The Morgan fingerprint density at radius 1 is 1.28 bits per heavy atom. The van der Waals surface area contributed by atoms with Crippen molar-refractivity contribution < 1.29 is 26.5 Å². The highest BCUT2D eigenvalue weighted by atomic mass is 32.2. The minimum Gasteiger partial charge on any atom is -0.267 e. The summed E-state index contributed by atoms with van der Waals surface area (Å²) >= 11 is 0. The number of nitro benzene ring substituents is 1. The number of nitrogens with zero attached hydrogens (tertiary/aromatic N) is 3. The standard InChI is InChI=1S/C17H19F3N4O4S/c1-11-6-7-12(24(25)26)10-15(11)29(27,28)21-8-9-23-14-5-3-2-4-13(14)16(22-23)17(18,19)20/h6-7,10,21H,2-5,8-9H2,1H3. The van der Waals surface area contributed by atoms with Crippen LogP contribution >= 0.6 is 0 Å². The van der Waals surface area contributed by atoms with Crippen LogP contribution in [-0.2, 0) is 35.6 Å². The van der Waals surface area contributed by atoms with E-state index in [4.69, 9.17) is 0 Å². The van der Waals surface area contributed by atoms with Crippen molar-refractivity contribution in [2.75, 3.05) is 6.54 Å². The number of nitrogens with one attached hydrogen (secondary N) is 1. The van der Waals surface area contributed by atoms with Crippen LogP contribution in [0.5, 0.6) is 0 Å². The number of fused-ring (bicyclic) bond motifs is 1. The van der Waals surface area contributed by atoms with Crippen molar-refractivity contribution >= 4 is 15.7 Å². The smallest absolute Gasteiger partial charge is 0.267 e.